The van der Waals surface area contributed by atoms with Gasteiger partial charge in [0.1, 0.15) is 4.88 Å². The molecule has 1 rings (SSSR count). The minimum atomic E-state index is -0.00931. The van der Waals surface area contributed by atoms with Crippen molar-refractivity contribution in [3.05, 3.63) is 15.0 Å². The molecule has 0 aliphatic carbocycles. The zero-order chi connectivity index (χ0) is 13.4. The largest absolute Gasteiger partial charge is 0.351 e. The van der Waals surface area contributed by atoms with Crippen LogP contribution in [0.4, 0.5) is 0 Å². The van der Waals surface area contributed by atoms with Crippen LogP contribution < -0.4 is 5.32 Å². The van der Waals surface area contributed by atoms with E-state index in [9.17, 15) is 4.79 Å². The van der Waals surface area contributed by atoms with Crippen LogP contribution in [0.3, 0.4) is 0 Å². The minimum Gasteiger partial charge on any atom is -0.351 e. The Balaban J connectivity index is 2.29. The maximum Gasteiger partial charge on any atom is 0.263 e. The first-order chi connectivity index (χ1) is 8.67. The van der Waals surface area contributed by atoms with Crippen LogP contribution in [-0.2, 0) is 0 Å². The van der Waals surface area contributed by atoms with Gasteiger partial charge in [0, 0.05) is 6.54 Å². The van der Waals surface area contributed by atoms with E-state index in [1.807, 2.05) is 0 Å². The van der Waals surface area contributed by atoms with Crippen LogP contribution in [0.5, 0.6) is 0 Å². The first-order valence-corrected chi connectivity index (χ1v) is 8.17. The Morgan fingerprint density at radius 1 is 1.39 bits per heavy atom. The van der Waals surface area contributed by atoms with Crippen molar-refractivity contribution in [1.82, 2.24) is 10.3 Å². The highest BCUT2D eigenvalue weighted by atomic mass is 79.9. The van der Waals surface area contributed by atoms with E-state index in [0.717, 1.165) is 22.8 Å². The van der Waals surface area contributed by atoms with Gasteiger partial charge in [-0.15, -0.1) is 11.3 Å². The summed E-state index contributed by atoms with van der Waals surface area (Å²) in [6, 6.07) is 0. The van der Waals surface area contributed by atoms with Gasteiger partial charge in [0.05, 0.1) is 6.20 Å². The van der Waals surface area contributed by atoms with E-state index >= 15 is 0 Å². The molecule has 0 bridgehead atoms. The average molecular weight is 333 g/mol. The molecular weight excluding hydrogens is 312 g/mol. The molecule has 102 valence electrons. The summed E-state index contributed by atoms with van der Waals surface area (Å²) in [6.45, 7) is 5.20. The van der Waals surface area contributed by atoms with Crippen molar-refractivity contribution in [3.63, 3.8) is 0 Å². The monoisotopic (exact) mass is 332 g/mol. The third kappa shape index (κ3) is 5.48. The van der Waals surface area contributed by atoms with Crippen molar-refractivity contribution in [2.24, 2.45) is 5.92 Å². The SMILES string of the molecule is CCCC(CCC)CCNC(=O)c1cnc(Br)s1. The first-order valence-electron chi connectivity index (χ1n) is 6.56. The molecule has 0 aromatic carbocycles. The van der Waals surface area contributed by atoms with E-state index in [0.29, 0.717) is 4.88 Å². The van der Waals surface area contributed by atoms with Crippen LogP contribution in [0.2, 0.25) is 0 Å². The van der Waals surface area contributed by atoms with Crippen LogP contribution in [0.1, 0.15) is 55.6 Å². The molecule has 3 nitrogen and oxygen atoms in total. The van der Waals surface area contributed by atoms with Crippen LogP contribution in [0, 0.1) is 5.92 Å². The summed E-state index contributed by atoms with van der Waals surface area (Å²) in [5, 5.41) is 2.97. The van der Waals surface area contributed by atoms with Gasteiger partial charge in [-0.1, -0.05) is 39.5 Å². The molecule has 0 saturated carbocycles. The molecule has 1 N–H and O–H groups in total. The summed E-state index contributed by atoms with van der Waals surface area (Å²) < 4.78 is 0.752. The lowest BCUT2D eigenvalue weighted by Crippen LogP contribution is -2.25. The molecular formula is C13H21BrN2OS. The summed E-state index contributed by atoms with van der Waals surface area (Å²) in [5.74, 6) is 0.735. The Labute approximate surface area is 122 Å². The highest BCUT2D eigenvalue weighted by Gasteiger charge is 2.11. The Morgan fingerprint density at radius 3 is 2.56 bits per heavy atom. The van der Waals surface area contributed by atoms with E-state index in [4.69, 9.17) is 0 Å². The van der Waals surface area contributed by atoms with E-state index in [-0.39, 0.29) is 5.91 Å². The summed E-state index contributed by atoms with van der Waals surface area (Å²) in [4.78, 5) is 16.5. The third-order valence-corrected chi connectivity index (χ3v) is 4.41. The number of aromatic nitrogens is 1. The van der Waals surface area contributed by atoms with Gasteiger partial charge in [0.2, 0.25) is 0 Å². The molecule has 0 fully saturated rings. The molecule has 0 spiro atoms. The molecule has 0 radical (unpaired) electrons. The molecule has 1 aromatic heterocycles. The van der Waals surface area contributed by atoms with Gasteiger partial charge >= 0.3 is 0 Å². The van der Waals surface area contributed by atoms with Crippen molar-refractivity contribution in [2.45, 2.75) is 46.0 Å². The Morgan fingerprint density at radius 2 is 2.06 bits per heavy atom. The van der Waals surface area contributed by atoms with Crippen molar-refractivity contribution in [1.29, 1.82) is 0 Å². The van der Waals surface area contributed by atoms with Gasteiger partial charge in [-0.25, -0.2) is 4.98 Å². The quantitative estimate of drug-likeness (QED) is 0.773. The standard InChI is InChI=1S/C13H21BrN2OS/c1-3-5-10(6-4-2)7-8-15-12(17)11-9-16-13(14)18-11/h9-10H,3-8H2,1-2H3,(H,15,17). The van der Waals surface area contributed by atoms with Crippen LogP contribution in [0.25, 0.3) is 0 Å². The molecule has 1 aromatic rings. The van der Waals surface area contributed by atoms with Gasteiger partial charge in [-0.3, -0.25) is 4.79 Å². The van der Waals surface area contributed by atoms with Gasteiger partial charge in [-0.05, 0) is 28.3 Å². The maximum atomic E-state index is 11.8. The van der Waals surface area contributed by atoms with Gasteiger partial charge in [0.25, 0.3) is 5.91 Å². The normalized spacial score (nSPS) is 10.9. The first kappa shape index (κ1) is 15.6. The van der Waals surface area contributed by atoms with Crippen LogP contribution in [-0.4, -0.2) is 17.4 Å². The van der Waals surface area contributed by atoms with Crippen LogP contribution in [0.15, 0.2) is 10.1 Å². The third-order valence-electron chi connectivity index (χ3n) is 2.93. The van der Waals surface area contributed by atoms with E-state index in [1.54, 1.807) is 6.20 Å². The van der Waals surface area contributed by atoms with Crippen LogP contribution >= 0.6 is 27.3 Å². The van der Waals surface area contributed by atoms with E-state index in [1.165, 1.54) is 37.0 Å². The Kier molecular flexibility index (Phi) is 7.51. The fourth-order valence-electron chi connectivity index (χ4n) is 2.08. The number of amides is 1. The molecule has 0 unspecified atom stereocenters. The molecule has 18 heavy (non-hydrogen) atoms. The highest BCUT2D eigenvalue weighted by Crippen LogP contribution is 2.19. The molecule has 0 saturated heterocycles. The summed E-state index contributed by atoms with van der Waals surface area (Å²) in [5.41, 5.74) is 0. The topological polar surface area (TPSA) is 42.0 Å². The van der Waals surface area contributed by atoms with Crippen molar-refractivity contribution >= 4 is 33.2 Å². The summed E-state index contributed by atoms with van der Waals surface area (Å²) >= 11 is 4.63. The maximum absolute atomic E-state index is 11.8. The van der Waals surface area contributed by atoms with E-state index in [2.05, 4.69) is 40.1 Å². The number of halogens is 1. The van der Waals surface area contributed by atoms with E-state index < -0.39 is 0 Å². The zero-order valence-corrected chi connectivity index (χ0v) is 13.4. The predicted octanol–water partition coefficient (Wildman–Crippen LogP) is 4.24. The lowest BCUT2D eigenvalue weighted by atomic mass is 9.95. The van der Waals surface area contributed by atoms with Gasteiger partial charge in [-0.2, -0.15) is 0 Å². The van der Waals surface area contributed by atoms with Crippen molar-refractivity contribution in [2.75, 3.05) is 6.54 Å². The number of hydrogen-bond acceptors (Lipinski definition) is 3. The Hall–Kier alpha value is -0.420. The fourth-order valence-corrected chi connectivity index (χ4v) is 3.27. The summed E-state index contributed by atoms with van der Waals surface area (Å²) in [7, 11) is 0. The molecule has 0 aliphatic rings. The molecule has 0 atom stereocenters. The number of nitrogens with zero attached hydrogens (tertiary/aromatic N) is 1. The highest BCUT2D eigenvalue weighted by molar-refractivity contribution is 9.11. The smallest absolute Gasteiger partial charge is 0.263 e. The number of nitrogens with one attached hydrogen (secondary N) is 1. The number of thiazole rings is 1. The number of carbonyl (C=O) groups excluding carboxylic acids is 1. The Bertz CT molecular complexity index is 362. The lowest BCUT2D eigenvalue weighted by Gasteiger charge is -2.15. The number of rotatable bonds is 8. The lowest BCUT2D eigenvalue weighted by molar-refractivity contribution is 0.0955. The minimum absolute atomic E-state index is 0.00931. The average Bonchev–Trinajstić information content (AvgIpc) is 2.76. The molecule has 1 heterocycles. The van der Waals surface area contributed by atoms with Gasteiger partial charge < -0.3 is 5.32 Å². The summed E-state index contributed by atoms with van der Waals surface area (Å²) in [6.07, 6.45) is 7.65. The number of hydrogen-bond donors (Lipinski definition) is 1. The number of carbonyl (C=O) groups is 1. The predicted molar refractivity (Wildman–Crippen MR) is 80.1 cm³/mol. The zero-order valence-electron chi connectivity index (χ0n) is 11.0. The van der Waals surface area contributed by atoms with Gasteiger partial charge in [0.15, 0.2) is 3.92 Å². The second-order valence-electron chi connectivity index (χ2n) is 4.47. The second-order valence-corrected chi connectivity index (χ2v) is 6.77. The fraction of sp³-hybridized carbons (Fsp3) is 0.692. The van der Waals surface area contributed by atoms with Crippen molar-refractivity contribution < 1.29 is 4.79 Å². The molecule has 0 aliphatic heterocycles. The molecule has 5 heteroatoms. The van der Waals surface area contributed by atoms with Crippen molar-refractivity contribution in [3.8, 4) is 0 Å². The second kappa shape index (κ2) is 8.64. The molecule has 1 amide bonds.